The molecule has 0 aromatic rings. The highest BCUT2D eigenvalue weighted by Gasteiger charge is 2.14. The topological polar surface area (TPSA) is 63.6 Å². The summed E-state index contributed by atoms with van der Waals surface area (Å²) in [5.41, 5.74) is 0. The molecule has 0 rings (SSSR count). The molecule has 0 bridgehead atoms. The maximum Gasteiger partial charge on any atom is 0.306 e. The fourth-order valence-corrected chi connectivity index (χ4v) is 5.52. The van der Waals surface area contributed by atoms with E-state index in [0.717, 1.165) is 70.6 Å². The van der Waals surface area contributed by atoms with Gasteiger partial charge in [0.2, 0.25) is 0 Å². The van der Waals surface area contributed by atoms with E-state index < -0.39 is 5.97 Å². The van der Waals surface area contributed by atoms with Gasteiger partial charge in [-0.1, -0.05) is 148 Å². The molecule has 0 amide bonds. The average Bonchev–Trinajstić information content (AvgIpc) is 2.95. The summed E-state index contributed by atoms with van der Waals surface area (Å²) in [4.78, 5) is 23.2. The number of rotatable bonds is 33. The Morgan fingerprint density at radius 3 is 1.39 bits per heavy atom. The van der Waals surface area contributed by atoms with Gasteiger partial charge in [-0.2, -0.15) is 0 Å². The van der Waals surface area contributed by atoms with Crippen LogP contribution >= 0.6 is 0 Å². The third-order valence-corrected chi connectivity index (χ3v) is 8.24. The lowest BCUT2D eigenvalue weighted by atomic mass is 10.0. The lowest BCUT2D eigenvalue weighted by Crippen LogP contribution is -2.18. The number of hydrogen-bond donors (Lipinski definition) is 1. The number of carbonyl (C=O) groups excluding carboxylic acids is 1. The van der Waals surface area contributed by atoms with E-state index in [4.69, 9.17) is 9.84 Å². The van der Waals surface area contributed by atoms with Crippen molar-refractivity contribution in [3.63, 3.8) is 0 Å². The van der Waals surface area contributed by atoms with Crippen LogP contribution in [0.5, 0.6) is 0 Å². The Labute approximate surface area is 255 Å². The molecule has 4 heteroatoms. The molecule has 0 aliphatic heterocycles. The number of carboxylic acid groups (broad SMARTS) is 1. The second kappa shape index (κ2) is 33.2. The first-order chi connectivity index (χ1) is 20.1. The molecule has 0 aliphatic rings. The second-order valence-corrected chi connectivity index (χ2v) is 12.4. The van der Waals surface area contributed by atoms with Gasteiger partial charge in [-0.15, -0.1) is 0 Å². The van der Waals surface area contributed by atoms with E-state index in [0.29, 0.717) is 6.42 Å². The van der Waals surface area contributed by atoms with Gasteiger partial charge in [0, 0.05) is 12.8 Å². The highest BCUT2D eigenvalue weighted by molar-refractivity contribution is 5.69. The summed E-state index contributed by atoms with van der Waals surface area (Å²) in [5, 5.41) is 8.76. The minimum Gasteiger partial charge on any atom is -0.481 e. The van der Waals surface area contributed by atoms with Crippen molar-refractivity contribution in [3.8, 4) is 0 Å². The summed E-state index contributed by atoms with van der Waals surface area (Å²) in [6.07, 6.45) is 39.3. The van der Waals surface area contributed by atoms with Gasteiger partial charge in [-0.3, -0.25) is 9.59 Å². The summed E-state index contributed by atoms with van der Waals surface area (Å²) < 4.78 is 5.99. The van der Waals surface area contributed by atoms with Gasteiger partial charge < -0.3 is 9.84 Å². The third kappa shape index (κ3) is 33.1. The van der Waals surface area contributed by atoms with Gasteiger partial charge >= 0.3 is 11.9 Å². The lowest BCUT2D eigenvalue weighted by molar-refractivity contribution is -0.150. The largest absolute Gasteiger partial charge is 0.481 e. The van der Waals surface area contributed by atoms with Gasteiger partial charge in [0.05, 0.1) is 0 Å². The summed E-state index contributed by atoms with van der Waals surface area (Å²) >= 11 is 0. The van der Waals surface area contributed by atoms with Crippen LogP contribution in [0.1, 0.15) is 206 Å². The van der Waals surface area contributed by atoms with Crippen molar-refractivity contribution in [2.75, 3.05) is 0 Å². The first-order valence-electron chi connectivity index (χ1n) is 18.2. The van der Waals surface area contributed by atoms with Crippen molar-refractivity contribution < 1.29 is 19.4 Å². The predicted molar refractivity (Wildman–Crippen MR) is 177 cm³/mol. The maximum atomic E-state index is 12.6. The molecule has 1 atom stereocenters. The highest BCUT2D eigenvalue weighted by atomic mass is 16.5. The fourth-order valence-electron chi connectivity index (χ4n) is 5.52. The Kier molecular flexibility index (Phi) is 32.1. The second-order valence-electron chi connectivity index (χ2n) is 12.4. The van der Waals surface area contributed by atoms with E-state index in [9.17, 15) is 9.59 Å². The van der Waals surface area contributed by atoms with Crippen LogP contribution in [0.15, 0.2) is 12.2 Å². The minimum atomic E-state index is -0.692. The van der Waals surface area contributed by atoms with Crippen molar-refractivity contribution in [1.29, 1.82) is 0 Å². The van der Waals surface area contributed by atoms with Crippen LogP contribution in [0.25, 0.3) is 0 Å². The Morgan fingerprint density at radius 1 is 0.512 bits per heavy atom. The molecule has 0 radical (unpaired) electrons. The van der Waals surface area contributed by atoms with Crippen molar-refractivity contribution in [2.24, 2.45) is 0 Å². The summed E-state index contributed by atoms with van der Waals surface area (Å²) in [6.45, 7) is 4.51. The molecule has 0 heterocycles. The van der Waals surface area contributed by atoms with E-state index in [1.165, 1.54) is 109 Å². The molecule has 0 saturated carbocycles. The van der Waals surface area contributed by atoms with Crippen LogP contribution in [-0.2, 0) is 14.3 Å². The first kappa shape index (κ1) is 39.7. The zero-order chi connectivity index (χ0) is 30.1. The number of ether oxygens (including phenoxy) is 1. The maximum absolute atomic E-state index is 12.6. The zero-order valence-electron chi connectivity index (χ0n) is 27.6. The van der Waals surface area contributed by atoms with Crippen LogP contribution in [0.2, 0.25) is 0 Å². The monoisotopic (exact) mass is 579 g/mol. The van der Waals surface area contributed by atoms with Crippen LogP contribution in [0.4, 0.5) is 0 Å². The van der Waals surface area contributed by atoms with Gasteiger partial charge in [-0.05, 0) is 57.8 Å². The smallest absolute Gasteiger partial charge is 0.306 e. The molecule has 4 nitrogen and oxygen atoms in total. The number of unbranched alkanes of at least 4 members (excludes halogenated alkanes) is 22. The number of carbonyl (C=O) groups is 2. The molecule has 41 heavy (non-hydrogen) atoms. The van der Waals surface area contributed by atoms with Gasteiger partial charge in [0.25, 0.3) is 0 Å². The van der Waals surface area contributed by atoms with Crippen LogP contribution < -0.4 is 0 Å². The molecule has 0 spiro atoms. The van der Waals surface area contributed by atoms with Gasteiger partial charge in [0.15, 0.2) is 0 Å². The standard InChI is InChI=1S/C37H70O4/c1-3-5-7-9-11-13-15-16-18-20-26-30-34-37(40)41-35(32-28-24-21-22-25-29-33-36(38)39)31-27-23-19-17-14-12-10-8-6-4-2/h9,11,35H,3-8,10,12-34H2,1-2H3,(H,38,39)/b11-9-. The first-order valence-corrected chi connectivity index (χ1v) is 18.2. The van der Waals surface area contributed by atoms with E-state index in [1.807, 2.05) is 0 Å². The normalized spacial score (nSPS) is 12.2. The molecule has 0 saturated heterocycles. The van der Waals surface area contributed by atoms with Crippen molar-refractivity contribution in [1.82, 2.24) is 0 Å². The average molecular weight is 579 g/mol. The Hall–Kier alpha value is -1.32. The van der Waals surface area contributed by atoms with Gasteiger partial charge in [-0.25, -0.2) is 0 Å². The summed E-state index contributed by atoms with van der Waals surface area (Å²) in [6, 6.07) is 0. The molecule has 0 fully saturated rings. The van der Waals surface area contributed by atoms with Crippen LogP contribution in [0.3, 0.4) is 0 Å². The zero-order valence-corrected chi connectivity index (χ0v) is 27.6. The van der Waals surface area contributed by atoms with Crippen molar-refractivity contribution in [3.05, 3.63) is 12.2 Å². The molecule has 0 aliphatic carbocycles. The summed E-state index contributed by atoms with van der Waals surface area (Å²) in [5.74, 6) is -0.684. The lowest BCUT2D eigenvalue weighted by Gasteiger charge is -2.18. The van der Waals surface area contributed by atoms with Crippen LogP contribution in [0, 0.1) is 0 Å². The number of hydrogen-bond acceptors (Lipinski definition) is 3. The molecular weight excluding hydrogens is 508 g/mol. The molecule has 0 aromatic carbocycles. The van der Waals surface area contributed by atoms with E-state index in [1.54, 1.807) is 0 Å². The number of carboxylic acids is 1. The third-order valence-electron chi connectivity index (χ3n) is 8.24. The van der Waals surface area contributed by atoms with Crippen molar-refractivity contribution in [2.45, 2.75) is 213 Å². The van der Waals surface area contributed by atoms with E-state index in [-0.39, 0.29) is 18.5 Å². The quantitative estimate of drug-likeness (QED) is 0.0478. The Bertz CT molecular complexity index is 585. The molecule has 0 aromatic heterocycles. The molecule has 1 unspecified atom stereocenters. The van der Waals surface area contributed by atoms with E-state index >= 15 is 0 Å². The van der Waals surface area contributed by atoms with Crippen LogP contribution in [-0.4, -0.2) is 23.1 Å². The van der Waals surface area contributed by atoms with Gasteiger partial charge in [0.1, 0.15) is 6.10 Å². The molecule has 242 valence electrons. The molecular formula is C37H70O4. The predicted octanol–water partition coefficient (Wildman–Crippen LogP) is 12.3. The molecule has 1 N–H and O–H groups in total. The minimum absolute atomic E-state index is 0.00738. The number of esters is 1. The SMILES string of the molecule is CCCC/C=C\CCCCCCCCC(=O)OC(CCCCCCCCCCCC)CCCCCCCCC(=O)O. The summed E-state index contributed by atoms with van der Waals surface area (Å²) in [7, 11) is 0. The van der Waals surface area contributed by atoms with E-state index in [2.05, 4.69) is 26.0 Å². The highest BCUT2D eigenvalue weighted by Crippen LogP contribution is 2.19. The Morgan fingerprint density at radius 2 is 0.902 bits per heavy atom. The number of aliphatic carboxylic acids is 1. The van der Waals surface area contributed by atoms with Crippen molar-refractivity contribution >= 4 is 11.9 Å². The number of allylic oxidation sites excluding steroid dienone is 2. The Balaban J connectivity index is 4.06. The fraction of sp³-hybridized carbons (Fsp3) is 0.892.